The van der Waals surface area contributed by atoms with Crippen molar-refractivity contribution < 1.29 is 71.9 Å². The van der Waals surface area contributed by atoms with E-state index in [-0.39, 0.29) is 110 Å². The molecule has 0 aliphatic rings. The third-order valence-corrected chi connectivity index (χ3v) is 0. The second-order valence-corrected chi connectivity index (χ2v) is 0. The van der Waals surface area contributed by atoms with Gasteiger partial charge < -0.3 is 71.9 Å². The van der Waals surface area contributed by atoms with Crippen molar-refractivity contribution in [1.82, 2.24) is 0 Å². The molecule has 0 saturated heterocycles. The van der Waals surface area contributed by atoms with Gasteiger partial charge in [0.05, 0.1) is 0 Å². The van der Waals surface area contributed by atoms with Crippen LogP contribution in [0.2, 0.25) is 0 Å². The Morgan fingerprint density at radius 1 is 0.600 bits per heavy atom. The zero-order valence-corrected chi connectivity index (χ0v) is 12.1. The minimum absolute atomic E-state index is 0. The van der Waals surface area contributed by atoms with E-state index in [0.29, 0.717) is 0 Å². The van der Waals surface area contributed by atoms with Crippen LogP contribution in [0.3, 0.4) is 0 Å². The predicted molar refractivity (Wildman–Crippen MR) is 16.1 cm³/mol. The molecule has 0 atom stereocenters. The average molecular weight is 537 g/mol. The van der Waals surface area contributed by atoms with Crippen molar-refractivity contribution in [1.29, 1.82) is 0 Å². The van der Waals surface area contributed by atoms with E-state index in [9.17, 15) is 0 Å². The van der Waals surface area contributed by atoms with E-state index in [4.69, 9.17) is 0 Å². The molecule has 0 aromatic heterocycles. The summed E-state index contributed by atoms with van der Waals surface area (Å²) in [5, 5.41) is 0. The van der Waals surface area contributed by atoms with E-state index >= 15 is 0 Å². The Balaban J connectivity index is 0. The zero-order chi connectivity index (χ0) is 0. The van der Waals surface area contributed by atoms with Gasteiger partial charge in [-0.25, -0.2) is 0 Å². The molecule has 0 fully saturated rings. The van der Waals surface area contributed by atoms with Gasteiger partial charge in [-0.1, -0.05) is 0 Å². The average Bonchev–Trinajstić information content (AvgIpc) is 0. The Kier molecular flexibility index (Phi) is 212. The van der Waals surface area contributed by atoms with Gasteiger partial charge in [0.15, 0.2) is 0 Å². The first-order chi connectivity index (χ1) is 0. The van der Waals surface area contributed by atoms with Crippen LogP contribution in [0.25, 0.3) is 0 Å². The maximum atomic E-state index is 0. The third kappa shape index (κ3) is 18.7. The van der Waals surface area contributed by atoms with Gasteiger partial charge in [-0.15, -0.1) is 0 Å². The van der Waals surface area contributed by atoms with Crippen LogP contribution in [-0.2, 0) is 0 Å². The minimum atomic E-state index is 0. The van der Waals surface area contributed by atoms with Gasteiger partial charge in [-0.3, -0.25) is 0 Å². The molecule has 0 amide bonds. The monoisotopic (exact) mass is 536 g/mol. The van der Waals surface area contributed by atoms with E-state index in [1.165, 1.54) is 0 Å². The molecule has 0 aliphatic carbocycles. The molecule has 0 rings (SSSR count). The Morgan fingerprint density at radius 2 is 0.600 bits per heavy atom. The fraction of sp³-hybridized carbons (Fsp3) is 0. The molecule has 0 spiro atoms. The van der Waals surface area contributed by atoms with Crippen molar-refractivity contribution >= 4 is 37.9 Å². The molecule has 0 nitrogen and oxygen atoms in total. The van der Waals surface area contributed by atoms with Crippen LogP contribution >= 0.6 is 13.5 Å². The van der Waals surface area contributed by atoms with Gasteiger partial charge in [0.25, 0.3) is 0 Å². The van der Waals surface area contributed by atoms with Gasteiger partial charge in [-0.2, -0.15) is 13.5 Å². The summed E-state index contributed by atoms with van der Waals surface area (Å²) in [7, 11) is 0. The molecule has 34 valence electrons. The molecular weight excluding hydrogens is 535 g/mol. The fourth-order valence-electron chi connectivity index (χ4n) is 0. The summed E-state index contributed by atoms with van der Waals surface area (Å²) < 4.78 is 0. The number of hydrogen-bond acceptors (Lipinski definition) is 0. The Bertz CT molecular complexity index is 6.85. The normalized spacial score (nSPS) is 0. The van der Waals surface area contributed by atoms with Crippen LogP contribution in [0.5, 0.6) is 0 Å². The first-order valence-electron chi connectivity index (χ1n) is 0. The Morgan fingerprint density at radius 3 is 0.600 bits per heavy atom. The van der Waals surface area contributed by atoms with Crippen LogP contribution in [0.1, 0.15) is 0 Å². The largest absolute Gasteiger partial charge is 3.00 e. The van der Waals surface area contributed by atoms with Gasteiger partial charge in [-0.05, 0) is 0 Å². The van der Waals surface area contributed by atoms with E-state index in [0.717, 1.165) is 0 Å². The smallest absolute Gasteiger partial charge is 1.00 e. The van der Waals surface area contributed by atoms with E-state index in [2.05, 4.69) is 0 Å². The molecule has 0 aliphatic heterocycles. The second-order valence-electron chi connectivity index (χ2n) is 0. The topological polar surface area (TPSA) is 0 Å². The molecule has 0 heterocycles. The van der Waals surface area contributed by atoms with Crippen LogP contribution in [0.4, 0.5) is 0 Å². The summed E-state index contributed by atoms with van der Waals surface area (Å²) in [4.78, 5) is 0. The Labute approximate surface area is 108 Å². The number of halogens is 3. The van der Waals surface area contributed by atoms with Crippen molar-refractivity contribution in [3.8, 4) is 0 Å². The van der Waals surface area contributed by atoms with Crippen LogP contribution in [0, 0.1) is 0 Å². The molecule has 0 N–H and O–H groups in total. The molecule has 0 unspecified atom stereocenters. The minimum Gasteiger partial charge on any atom is -1.00 e. The summed E-state index contributed by atoms with van der Waals surface area (Å²) in [5.41, 5.74) is 0. The van der Waals surface area contributed by atoms with Crippen molar-refractivity contribution in [2.75, 3.05) is 0 Å². The standard InChI is InChI=1S/3HI.H2S.Sb/h3*1H;1H2;/q;;;;+3/p-3. The van der Waals surface area contributed by atoms with Crippen molar-refractivity contribution in [3.63, 3.8) is 0 Å². The van der Waals surface area contributed by atoms with Crippen molar-refractivity contribution in [3.05, 3.63) is 0 Å². The molecule has 0 aromatic carbocycles. The zero-order valence-electron chi connectivity index (χ0n) is 2.08. The Hall–Kier alpha value is 3.36. The molecule has 0 bridgehead atoms. The first kappa shape index (κ1) is 40.1. The molecule has 0 saturated carbocycles. The third-order valence-electron chi connectivity index (χ3n) is 0. The summed E-state index contributed by atoms with van der Waals surface area (Å²) in [6.07, 6.45) is 0. The molecular formula is H2I3SSb. The quantitative estimate of drug-likeness (QED) is 0.213. The maximum absolute atomic E-state index is 0. The van der Waals surface area contributed by atoms with Crippen LogP contribution < -0.4 is 71.9 Å². The SMILES string of the molecule is S.[I-].[I-].[I-].[Sb+3]. The van der Waals surface area contributed by atoms with Gasteiger partial charge in [0.1, 0.15) is 0 Å². The summed E-state index contributed by atoms with van der Waals surface area (Å²) in [6, 6.07) is 0. The summed E-state index contributed by atoms with van der Waals surface area (Å²) in [5.74, 6) is 0. The maximum Gasteiger partial charge on any atom is 3.00 e. The van der Waals surface area contributed by atoms with Gasteiger partial charge in [0, 0.05) is 0 Å². The van der Waals surface area contributed by atoms with E-state index < -0.39 is 0 Å². The molecule has 5 heteroatoms. The molecule has 5 heavy (non-hydrogen) atoms. The molecule has 0 aromatic rings. The van der Waals surface area contributed by atoms with E-state index in [1.54, 1.807) is 0 Å². The number of rotatable bonds is 0. The molecule has 2 radical (unpaired) electrons. The number of hydrogen-bond donors (Lipinski definition) is 0. The van der Waals surface area contributed by atoms with E-state index in [1.807, 2.05) is 0 Å². The summed E-state index contributed by atoms with van der Waals surface area (Å²) >= 11 is 0. The van der Waals surface area contributed by atoms with Crippen LogP contribution in [-0.4, -0.2) is 24.4 Å². The first-order valence-corrected chi connectivity index (χ1v) is 0. The van der Waals surface area contributed by atoms with Crippen molar-refractivity contribution in [2.24, 2.45) is 0 Å². The fourth-order valence-corrected chi connectivity index (χ4v) is 0. The van der Waals surface area contributed by atoms with Crippen molar-refractivity contribution in [2.45, 2.75) is 0 Å². The van der Waals surface area contributed by atoms with Gasteiger partial charge >= 0.3 is 24.4 Å². The predicted octanol–water partition coefficient (Wildman–Crippen LogP) is -9.26. The van der Waals surface area contributed by atoms with Crippen LogP contribution in [0.15, 0.2) is 0 Å². The summed E-state index contributed by atoms with van der Waals surface area (Å²) in [6.45, 7) is 0. The van der Waals surface area contributed by atoms with Gasteiger partial charge in [0.2, 0.25) is 0 Å². The second kappa shape index (κ2) is 26.4.